The molecule has 2 heterocycles. The van der Waals surface area contributed by atoms with Crippen LogP contribution in [0.4, 0.5) is 11.6 Å². The van der Waals surface area contributed by atoms with Gasteiger partial charge in [0.1, 0.15) is 18.4 Å². The molecule has 0 spiro atoms. The zero-order valence-electron chi connectivity index (χ0n) is 29.4. The maximum Gasteiger partial charge on any atom is 0.255 e. The van der Waals surface area contributed by atoms with Crippen LogP contribution in [-0.2, 0) is 16.8 Å². The van der Waals surface area contributed by atoms with Crippen molar-refractivity contribution in [2.24, 2.45) is 0 Å². The van der Waals surface area contributed by atoms with Gasteiger partial charge < -0.3 is 24.8 Å². The zero-order valence-corrected chi connectivity index (χ0v) is 31.8. The van der Waals surface area contributed by atoms with Gasteiger partial charge in [0, 0.05) is 11.4 Å². The van der Waals surface area contributed by atoms with E-state index in [1.165, 1.54) is 5.56 Å². The number of nitrogens with one attached hydrogen (secondary N) is 2. The molecule has 1 aliphatic heterocycles. The summed E-state index contributed by atoms with van der Waals surface area (Å²) in [4.78, 5) is 19.1. The van der Waals surface area contributed by atoms with E-state index in [0.29, 0.717) is 69.6 Å². The number of nitrogens with zero attached hydrogens (tertiary/aromatic N) is 3. The number of fused-ring (bicyclic) bond motifs is 1. The Labute approximate surface area is 302 Å². The molecule has 49 heavy (non-hydrogen) atoms. The van der Waals surface area contributed by atoms with Crippen LogP contribution < -0.4 is 24.8 Å². The van der Waals surface area contributed by atoms with Crippen molar-refractivity contribution in [1.82, 2.24) is 14.8 Å². The highest BCUT2D eigenvalue weighted by Crippen LogP contribution is 2.44. The molecule has 1 unspecified atom stereocenters. The number of aromatic nitrogens is 3. The van der Waals surface area contributed by atoms with Gasteiger partial charge in [0.05, 0.1) is 28.9 Å². The molecule has 0 aliphatic carbocycles. The number of hydrogen-bond acceptors (Lipinski definition) is 8. The Morgan fingerprint density at radius 3 is 2.41 bits per heavy atom. The second-order valence-electron chi connectivity index (χ2n) is 12.8. The lowest BCUT2D eigenvalue weighted by molar-refractivity contribution is -0.113. The summed E-state index contributed by atoms with van der Waals surface area (Å²) in [5.74, 6) is 2.95. The Bertz CT molecular complexity index is 1800. The van der Waals surface area contributed by atoms with Crippen LogP contribution in [0.5, 0.6) is 17.2 Å². The molecule has 1 aromatic heterocycles. The van der Waals surface area contributed by atoms with Crippen molar-refractivity contribution in [3.8, 4) is 17.2 Å². The lowest BCUT2D eigenvalue weighted by atomic mass is 9.87. The van der Waals surface area contributed by atoms with E-state index in [-0.39, 0.29) is 11.3 Å². The first kappa shape index (κ1) is 36.3. The van der Waals surface area contributed by atoms with Crippen molar-refractivity contribution in [2.45, 2.75) is 84.5 Å². The van der Waals surface area contributed by atoms with Crippen molar-refractivity contribution in [1.29, 1.82) is 0 Å². The summed E-state index contributed by atoms with van der Waals surface area (Å²) >= 11 is 5.39. The lowest BCUT2D eigenvalue weighted by Crippen LogP contribution is -2.31. The number of anilines is 2. The van der Waals surface area contributed by atoms with E-state index in [4.69, 9.17) is 24.3 Å². The number of unbranched alkanes of at least 4 members (excludes halogenated alkanes) is 1. The van der Waals surface area contributed by atoms with Gasteiger partial charge in [-0.25, -0.2) is 4.68 Å². The van der Waals surface area contributed by atoms with E-state index in [1.807, 2.05) is 57.2 Å². The highest BCUT2D eigenvalue weighted by Gasteiger charge is 2.36. The molecule has 2 N–H and O–H groups in total. The predicted octanol–water partition coefficient (Wildman–Crippen LogP) is 9.53. The second kappa shape index (κ2) is 16.2. The van der Waals surface area contributed by atoms with E-state index in [9.17, 15) is 4.79 Å². The summed E-state index contributed by atoms with van der Waals surface area (Å²) in [5, 5.41) is 12.0. The van der Waals surface area contributed by atoms with E-state index in [2.05, 4.69) is 78.5 Å². The molecule has 3 aromatic carbocycles. The van der Waals surface area contributed by atoms with Gasteiger partial charge in [-0.3, -0.25) is 4.79 Å². The van der Waals surface area contributed by atoms with Crippen molar-refractivity contribution in [3.63, 3.8) is 0 Å². The Morgan fingerprint density at radius 2 is 1.71 bits per heavy atom. The zero-order chi connectivity index (χ0) is 35.1. The lowest BCUT2D eigenvalue weighted by Gasteiger charge is -2.29. The van der Waals surface area contributed by atoms with Gasteiger partial charge in [-0.05, 0) is 89.5 Å². The molecule has 0 bridgehead atoms. The SMILES string of the molecule is CCCCSc1nc2n(n1)C(c1cc(Br)c(OCc3ccc(C(C)(C)C)cc3)c(OCC)c1)C(C(=O)Nc1ccccc1OCC)=C(C)N2. The molecule has 0 saturated heterocycles. The number of para-hydroxylation sites is 2. The molecule has 9 nitrogen and oxygen atoms in total. The fourth-order valence-electron chi connectivity index (χ4n) is 5.55. The van der Waals surface area contributed by atoms with Crippen LogP contribution >= 0.6 is 27.7 Å². The van der Waals surface area contributed by atoms with Crippen molar-refractivity contribution >= 4 is 45.2 Å². The summed E-state index contributed by atoms with van der Waals surface area (Å²) in [6.07, 6.45) is 2.14. The van der Waals surface area contributed by atoms with Crippen LogP contribution in [0, 0.1) is 0 Å². The summed E-state index contributed by atoms with van der Waals surface area (Å²) in [7, 11) is 0. The molecule has 1 aliphatic rings. The maximum atomic E-state index is 14.3. The van der Waals surface area contributed by atoms with E-state index in [1.54, 1.807) is 16.4 Å². The largest absolute Gasteiger partial charge is 0.492 e. The van der Waals surface area contributed by atoms with Crippen LogP contribution in [-0.4, -0.2) is 39.6 Å². The third-order valence-corrected chi connectivity index (χ3v) is 9.61. The first-order chi connectivity index (χ1) is 23.5. The van der Waals surface area contributed by atoms with Gasteiger partial charge in [-0.2, -0.15) is 4.98 Å². The minimum Gasteiger partial charge on any atom is -0.492 e. The average molecular weight is 749 g/mol. The highest BCUT2D eigenvalue weighted by atomic mass is 79.9. The molecule has 5 rings (SSSR count). The molecule has 4 aromatic rings. The number of amides is 1. The van der Waals surface area contributed by atoms with Gasteiger partial charge in [-0.1, -0.05) is 82.3 Å². The molecule has 1 atom stereocenters. The molecular weight excluding hydrogens is 702 g/mol. The van der Waals surface area contributed by atoms with Crippen LogP contribution in [0.1, 0.15) is 84.0 Å². The Kier molecular flexibility index (Phi) is 12.0. The van der Waals surface area contributed by atoms with Gasteiger partial charge in [0.2, 0.25) is 11.1 Å². The highest BCUT2D eigenvalue weighted by molar-refractivity contribution is 9.10. The van der Waals surface area contributed by atoms with Gasteiger partial charge in [-0.15, -0.1) is 5.10 Å². The number of carbonyl (C=O) groups excluding carboxylic acids is 1. The maximum absolute atomic E-state index is 14.3. The van der Waals surface area contributed by atoms with E-state index in [0.717, 1.165) is 29.7 Å². The summed E-state index contributed by atoms with van der Waals surface area (Å²) in [6.45, 7) is 15.8. The molecule has 260 valence electrons. The number of thioether (sulfide) groups is 1. The van der Waals surface area contributed by atoms with Crippen LogP contribution in [0.15, 0.2) is 81.6 Å². The molecule has 0 fully saturated rings. The number of carbonyl (C=O) groups is 1. The fraction of sp³-hybridized carbons (Fsp3) is 0.395. The quantitative estimate of drug-likeness (QED) is 0.0973. The van der Waals surface area contributed by atoms with Gasteiger partial charge in [0.15, 0.2) is 11.5 Å². The third-order valence-electron chi connectivity index (χ3n) is 8.09. The minimum absolute atomic E-state index is 0.0726. The van der Waals surface area contributed by atoms with Crippen molar-refractivity contribution < 1.29 is 19.0 Å². The smallest absolute Gasteiger partial charge is 0.255 e. The first-order valence-corrected chi connectivity index (χ1v) is 18.6. The molecular formula is C38H46BrN5O4S. The number of hydrogen-bond donors (Lipinski definition) is 2. The summed E-state index contributed by atoms with van der Waals surface area (Å²) in [5.41, 5.74) is 4.94. The van der Waals surface area contributed by atoms with E-state index >= 15 is 0 Å². The standard InChI is InChI=1S/C38H46BrN5O4S/c1-8-11-20-49-37-42-36-40-24(4)32(35(45)41-29-14-12-13-15-30(29)46-9-2)33(44(36)43-37)26-21-28(39)34(31(22-26)47-10-3)48-23-25-16-18-27(19-17-25)38(5,6)7/h12-19,21-22,33H,8-11,20,23H2,1-7H3,(H,41,45)(H,40,42,43). The fourth-order valence-corrected chi connectivity index (χ4v) is 7.04. The summed E-state index contributed by atoms with van der Waals surface area (Å²) in [6, 6.07) is 19.2. The molecule has 0 saturated carbocycles. The van der Waals surface area contributed by atoms with Gasteiger partial charge >= 0.3 is 0 Å². The second-order valence-corrected chi connectivity index (χ2v) is 14.7. The predicted molar refractivity (Wildman–Crippen MR) is 201 cm³/mol. The first-order valence-electron chi connectivity index (χ1n) is 16.8. The number of benzene rings is 3. The normalized spacial score (nSPS) is 14.2. The van der Waals surface area contributed by atoms with E-state index < -0.39 is 6.04 Å². The Balaban J connectivity index is 1.53. The average Bonchev–Trinajstić information content (AvgIpc) is 3.46. The minimum atomic E-state index is -0.613. The monoisotopic (exact) mass is 747 g/mol. The molecule has 0 radical (unpaired) electrons. The molecule has 11 heteroatoms. The van der Waals surface area contributed by atoms with Crippen LogP contribution in [0.25, 0.3) is 0 Å². The number of halogens is 1. The Hall–Kier alpha value is -3.96. The molecule has 1 amide bonds. The van der Waals surface area contributed by atoms with Crippen molar-refractivity contribution in [3.05, 3.63) is 93.1 Å². The number of allylic oxidation sites excluding steroid dienone is 1. The number of ether oxygens (including phenoxy) is 3. The Morgan fingerprint density at radius 1 is 1.00 bits per heavy atom. The van der Waals surface area contributed by atoms with Crippen LogP contribution in [0.3, 0.4) is 0 Å². The third kappa shape index (κ3) is 8.62. The number of rotatable bonds is 14. The summed E-state index contributed by atoms with van der Waals surface area (Å²) < 4.78 is 20.9. The van der Waals surface area contributed by atoms with Crippen LogP contribution in [0.2, 0.25) is 0 Å². The topological polar surface area (TPSA) is 99.5 Å². The van der Waals surface area contributed by atoms with Crippen molar-refractivity contribution in [2.75, 3.05) is 29.6 Å². The van der Waals surface area contributed by atoms with Gasteiger partial charge in [0.25, 0.3) is 5.91 Å².